The smallest absolute Gasteiger partial charge is 0.336 e. The van der Waals surface area contributed by atoms with Gasteiger partial charge < -0.3 is 5.11 Å². The van der Waals surface area contributed by atoms with Gasteiger partial charge in [0.2, 0.25) is 0 Å². The maximum atomic E-state index is 11.2. The van der Waals surface area contributed by atoms with Crippen molar-refractivity contribution < 1.29 is 9.90 Å². The number of hydrogen-bond acceptors (Lipinski definition) is 1. The van der Waals surface area contributed by atoms with E-state index in [-0.39, 0.29) is 0 Å². The fourth-order valence-corrected chi connectivity index (χ4v) is 2.30. The summed E-state index contributed by atoms with van der Waals surface area (Å²) in [4.78, 5) is 11.2. The van der Waals surface area contributed by atoms with Crippen LogP contribution in [-0.2, 0) is 5.33 Å². The van der Waals surface area contributed by atoms with Gasteiger partial charge in [0.25, 0.3) is 0 Å². The van der Waals surface area contributed by atoms with Crippen LogP contribution in [0, 0.1) is 0 Å². The van der Waals surface area contributed by atoms with Crippen molar-refractivity contribution in [2.24, 2.45) is 0 Å². The van der Waals surface area contributed by atoms with Crippen molar-refractivity contribution in [3.63, 3.8) is 0 Å². The molecule has 2 aromatic carbocycles. The minimum Gasteiger partial charge on any atom is -0.478 e. The molecule has 0 unspecified atom stereocenters. The molecule has 0 saturated heterocycles. The summed E-state index contributed by atoms with van der Waals surface area (Å²) in [7, 11) is 0. The van der Waals surface area contributed by atoms with Crippen molar-refractivity contribution in [2.45, 2.75) is 5.33 Å². The van der Waals surface area contributed by atoms with Gasteiger partial charge >= 0.3 is 5.97 Å². The molecule has 0 bridgehead atoms. The van der Waals surface area contributed by atoms with Crippen molar-refractivity contribution in [2.75, 3.05) is 0 Å². The SMILES string of the molecule is O=C(O)c1cccc(CBr)c1-c1ccccc1. The van der Waals surface area contributed by atoms with Gasteiger partial charge in [-0.25, -0.2) is 4.79 Å². The second kappa shape index (κ2) is 5.15. The number of rotatable bonds is 3. The summed E-state index contributed by atoms with van der Waals surface area (Å²) in [5, 5.41) is 9.87. The molecule has 0 spiro atoms. The molecule has 3 heteroatoms. The Labute approximate surface area is 108 Å². The molecule has 0 saturated carbocycles. The zero-order chi connectivity index (χ0) is 12.3. The lowest BCUT2D eigenvalue weighted by Gasteiger charge is -2.11. The van der Waals surface area contributed by atoms with E-state index in [2.05, 4.69) is 15.9 Å². The van der Waals surface area contributed by atoms with Crippen LogP contribution in [0.1, 0.15) is 15.9 Å². The predicted molar refractivity (Wildman–Crippen MR) is 71.5 cm³/mol. The highest BCUT2D eigenvalue weighted by molar-refractivity contribution is 9.08. The molecule has 2 nitrogen and oxygen atoms in total. The number of carboxylic acids is 1. The molecular formula is C14H11BrO2. The van der Waals surface area contributed by atoms with Gasteiger partial charge in [0.1, 0.15) is 0 Å². The highest BCUT2D eigenvalue weighted by atomic mass is 79.9. The number of alkyl halides is 1. The Balaban J connectivity index is 2.69. The number of halogens is 1. The molecule has 2 aromatic rings. The molecule has 0 atom stereocenters. The van der Waals surface area contributed by atoms with Crippen LogP contribution >= 0.6 is 15.9 Å². The zero-order valence-corrected chi connectivity index (χ0v) is 10.6. The van der Waals surface area contributed by atoms with Crippen molar-refractivity contribution in [3.05, 3.63) is 59.7 Å². The van der Waals surface area contributed by atoms with Gasteiger partial charge in [-0.1, -0.05) is 58.4 Å². The van der Waals surface area contributed by atoms with Crippen LogP contribution in [0.3, 0.4) is 0 Å². The van der Waals surface area contributed by atoms with E-state index in [9.17, 15) is 9.90 Å². The first kappa shape index (κ1) is 11.9. The van der Waals surface area contributed by atoms with Crippen molar-refractivity contribution in [1.82, 2.24) is 0 Å². The van der Waals surface area contributed by atoms with Gasteiger partial charge in [-0.05, 0) is 17.2 Å². The van der Waals surface area contributed by atoms with Gasteiger partial charge in [0.15, 0.2) is 0 Å². The summed E-state index contributed by atoms with van der Waals surface area (Å²) < 4.78 is 0. The monoisotopic (exact) mass is 290 g/mol. The van der Waals surface area contributed by atoms with E-state index in [1.807, 2.05) is 36.4 Å². The first-order valence-electron chi connectivity index (χ1n) is 5.20. The van der Waals surface area contributed by atoms with Gasteiger partial charge in [-0.15, -0.1) is 0 Å². The standard InChI is InChI=1S/C14H11BrO2/c15-9-11-7-4-8-12(14(16)17)13(11)10-5-2-1-3-6-10/h1-8H,9H2,(H,16,17). The molecule has 0 aliphatic rings. The predicted octanol–water partition coefficient (Wildman–Crippen LogP) is 3.95. The summed E-state index contributed by atoms with van der Waals surface area (Å²) >= 11 is 3.40. The van der Waals surface area contributed by atoms with Crippen LogP contribution in [0.5, 0.6) is 0 Å². The number of benzene rings is 2. The van der Waals surface area contributed by atoms with Gasteiger partial charge in [0.05, 0.1) is 5.56 Å². The van der Waals surface area contributed by atoms with Crippen LogP contribution < -0.4 is 0 Å². The third kappa shape index (κ3) is 2.39. The molecule has 0 heterocycles. The molecule has 1 N–H and O–H groups in total. The first-order valence-corrected chi connectivity index (χ1v) is 6.32. The molecule has 0 fully saturated rings. The van der Waals surface area contributed by atoms with Crippen LogP contribution in [0.25, 0.3) is 11.1 Å². The quantitative estimate of drug-likeness (QED) is 0.869. The van der Waals surface area contributed by atoms with E-state index in [0.717, 1.165) is 16.7 Å². The fraction of sp³-hybridized carbons (Fsp3) is 0.0714. The van der Waals surface area contributed by atoms with E-state index in [0.29, 0.717) is 10.9 Å². The Morgan fingerprint density at radius 1 is 1.06 bits per heavy atom. The zero-order valence-electron chi connectivity index (χ0n) is 9.06. The van der Waals surface area contributed by atoms with Crippen LogP contribution in [-0.4, -0.2) is 11.1 Å². The fourth-order valence-electron chi connectivity index (χ4n) is 1.84. The Morgan fingerprint density at radius 2 is 1.76 bits per heavy atom. The second-order valence-corrected chi connectivity index (χ2v) is 4.21. The Bertz CT molecular complexity index is 535. The molecule has 0 aliphatic heterocycles. The highest BCUT2D eigenvalue weighted by Crippen LogP contribution is 2.29. The molecule has 17 heavy (non-hydrogen) atoms. The first-order chi connectivity index (χ1) is 8.24. The maximum Gasteiger partial charge on any atom is 0.336 e. The normalized spacial score (nSPS) is 10.2. The summed E-state index contributed by atoms with van der Waals surface area (Å²) in [5.41, 5.74) is 3.04. The van der Waals surface area contributed by atoms with E-state index in [4.69, 9.17) is 0 Å². The lowest BCUT2D eigenvalue weighted by atomic mass is 9.95. The molecule has 0 aromatic heterocycles. The summed E-state index contributed by atoms with van der Waals surface area (Å²) in [6.07, 6.45) is 0. The average molecular weight is 291 g/mol. The maximum absolute atomic E-state index is 11.2. The minimum absolute atomic E-state index is 0.341. The number of aromatic carboxylic acids is 1. The Morgan fingerprint density at radius 3 is 2.35 bits per heavy atom. The average Bonchev–Trinajstić information content (AvgIpc) is 2.38. The topological polar surface area (TPSA) is 37.3 Å². The number of carbonyl (C=O) groups is 1. The lowest BCUT2D eigenvalue weighted by molar-refractivity contribution is 0.0697. The van der Waals surface area contributed by atoms with Crippen LogP contribution in [0.15, 0.2) is 48.5 Å². The molecule has 0 amide bonds. The largest absolute Gasteiger partial charge is 0.478 e. The van der Waals surface area contributed by atoms with E-state index >= 15 is 0 Å². The van der Waals surface area contributed by atoms with Crippen LogP contribution in [0.2, 0.25) is 0 Å². The molecule has 0 aliphatic carbocycles. The third-order valence-electron chi connectivity index (χ3n) is 2.59. The van der Waals surface area contributed by atoms with E-state index in [1.165, 1.54) is 0 Å². The summed E-state index contributed by atoms with van der Waals surface area (Å²) in [6.45, 7) is 0. The van der Waals surface area contributed by atoms with Crippen LogP contribution in [0.4, 0.5) is 0 Å². The lowest BCUT2D eigenvalue weighted by Crippen LogP contribution is -2.01. The number of hydrogen-bond donors (Lipinski definition) is 1. The van der Waals surface area contributed by atoms with Crippen molar-refractivity contribution in [1.29, 1.82) is 0 Å². The molecule has 86 valence electrons. The summed E-state index contributed by atoms with van der Waals surface area (Å²) in [5.74, 6) is -0.897. The Kier molecular flexibility index (Phi) is 3.59. The molecule has 0 radical (unpaired) electrons. The van der Waals surface area contributed by atoms with Gasteiger partial charge in [0, 0.05) is 10.9 Å². The highest BCUT2D eigenvalue weighted by Gasteiger charge is 2.14. The van der Waals surface area contributed by atoms with E-state index < -0.39 is 5.97 Å². The van der Waals surface area contributed by atoms with Gasteiger partial charge in [-0.3, -0.25) is 0 Å². The Hall–Kier alpha value is -1.61. The molecule has 2 rings (SSSR count). The van der Waals surface area contributed by atoms with Crippen molar-refractivity contribution >= 4 is 21.9 Å². The third-order valence-corrected chi connectivity index (χ3v) is 3.19. The van der Waals surface area contributed by atoms with Crippen molar-refractivity contribution in [3.8, 4) is 11.1 Å². The molecular weight excluding hydrogens is 280 g/mol. The minimum atomic E-state index is -0.897. The van der Waals surface area contributed by atoms with Gasteiger partial charge in [-0.2, -0.15) is 0 Å². The number of carboxylic acid groups (broad SMARTS) is 1. The second-order valence-electron chi connectivity index (χ2n) is 3.64. The summed E-state index contributed by atoms with van der Waals surface area (Å²) in [6, 6.07) is 14.9. The van der Waals surface area contributed by atoms with E-state index in [1.54, 1.807) is 12.1 Å².